The first-order valence-corrected chi connectivity index (χ1v) is 5.28. The maximum atomic E-state index is 6.24. The summed E-state index contributed by atoms with van der Waals surface area (Å²) >= 11 is 6.24. The van der Waals surface area contributed by atoms with Crippen molar-refractivity contribution >= 4 is 11.6 Å². The average molecular weight is 206 g/mol. The van der Waals surface area contributed by atoms with Crippen LogP contribution in [0.4, 0.5) is 0 Å². The lowest BCUT2D eigenvalue weighted by Crippen LogP contribution is -2.31. The Morgan fingerprint density at radius 1 is 1.62 bits per heavy atom. The molecule has 0 aromatic heterocycles. The van der Waals surface area contributed by atoms with Gasteiger partial charge in [0.1, 0.15) is 0 Å². The van der Waals surface area contributed by atoms with Gasteiger partial charge in [-0.3, -0.25) is 4.90 Å². The van der Waals surface area contributed by atoms with Crippen molar-refractivity contribution in [2.45, 2.75) is 32.3 Å². The maximum Gasteiger partial charge on any atom is 0.0670 e. The minimum atomic E-state index is 0.245. The quantitative estimate of drug-likeness (QED) is 0.654. The van der Waals surface area contributed by atoms with Gasteiger partial charge in [-0.15, -0.1) is 11.6 Å². The summed E-state index contributed by atoms with van der Waals surface area (Å²) in [4.78, 5) is 2.38. The first-order valence-electron chi connectivity index (χ1n) is 4.85. The molecule has 0 aromatic rings. The van der Waals surface area contributed by atoms with Gasteiger partial charge in [0.2, 0.25) is 0 Å². The Bertz CT molecular complexity index is 172. The van der Waals surface area contributed by atoms with Gasteiger partial charge in [-0.05, 0) is 12.3 Å². The number of alkyl halides is 1. The topological polar surface area (TPSA) is 12.5 Å². The van der Waals surface area contributed by atoms with Crippen LogP contribution in [0.3, 0.4) is 0 Å². The minimum absolute atomic E-state index is 0.245. The molecule has 0 aliphatic carbocycles. The van der Waals surface area contributed by atoms with Crippen molar-refractivity contribution in [3.05, 3.63) is 0 Å². The van der Waals surface area contributed by atoms with Crippen LogP contribution in [0, 0.1) is 5.41 Å². The third-order valence-electron chi connectivity index (χ3n) is 2.82. The second-order valence-corrected chi connectivity index (χ2v) is 5.22. The third-order valence-corrected chi connectivity index (χ3v) is 3.54. The van der Waals surface area contributed by atoms with E-state index in [9.17, 15) is 0 Å². The van der Waals surface area contributed by atoms with E-state index >= 15 is 0 Å². The fraction of sp³-hybridized carbons (Fsp3) is 1.00. The van der Waals surface area contributed by atoms with Gasteiger partial charge in [0.25, 0.3) is 0 Å². The molecular weight excluding hydrogens is 186 g/mol. The standard InChI is InChI=1S/C10H20ClNO/c1-8(13-4)5-12-6-9(11)10(2,3)7-12/h8-9H,5-7H2,1-4H3. The third kappa shape index (κ3) is 2.83. The Morgan fingerprint density at radius 3 is 2.62 bits per heavy atom. The van der Waals surface area contributed by atoms with E-state index in [2.05, 4.69) is 25.7 Å². The number of likely N-dealkylation sites (tertiary alicyclic amines) is 1. The number of hydrogen-bond acceptors (Lipinski definition) is 2. The first-order chi connectivity index (χ1) is 5.95. The lowest BCUT2D eigenvalue weighted by atomic mass is 9.92. The molecule has 78 valence electrons. The van der Waals surface area contributed by atoms with Crippen molar-refractivity contribution < 1.29 is 4.74 Å². The number of methoxy groups -OCH3 is 1. The summed E-state index contributed by atoms with van der Waals surface area (Å²) in [7, 11) is 1.75. The number of rotatable bonds is 3. The molecule has 1 aliphatic heterocycles. The molecular formula is C10H20ClNO. The summed E-state index contributed by atoms with van der Waals surface area (Å²) in [6, 6.07) is 0. The summed E-state index contributed by atoms with van der Waals surface area (Å²) in [5.41, 5.74) is 0.245. The molecule has 1 fully saturated rings. The number of nitrogens with zero attached hydrogens (tertiary/aromatic N) is 1. The molecule has 0 bridgehead atoms. The molecule has 13 heavy (non-hydrogen) atoms. The van der Waals surface area contributed by atoms with Gasteiger partial charge in [-0.2, -0.15) is 0 Å². The zero-order chi connectivity index (χ0) is 10.1. The molecule has 0 aromatic carbocycles. The maximum absolute atomic E-state index is 6.24. The highest BCUT2D eigenvalue weighted by molar-refractivity contribution is 6.21. The molecule has 1 rings (SSSR count). The van der Waals surface area contributed by atoms with Crippen LogP contribution in [-0.4, -0.2) is 43.1 Å². The van der Waals surface area contributed by atoms with Gasteiger partial charge in [-0.25, -0.2) is 0 Å². The molecule has 0 saturated carbocycles. The molecule has 0 radical (unpaired) electrons. The molecule has 3 heteroatoms. The molecule has 2 unspecified atom stereocenters. The predicted octanol–water partition coefficient (Wildman–Crippen LogP) is 1.97. The van der Waals surface area contributed by atoms with Crippen molar-refractivity contribution in [3.63, 3.8) is 0 Å². The fourth-order valence-corrected chi connectivity index (χ4v) is 2.06. The van der Waals surface area contributed by atoms with E-state index in [4.69, 9.17) is 16.3 Å². The minimum Gasteiger partial charge on any atom is -0.380 e. The van der Waals surface area contributed by atoms with Crippen molar-refractivity contribution in [3.8, 4) is 0 Å². The summed E-state index contributed by atoms with van der Waals surface area (Å²) in [5.74, 6) is 0. The molecule has 2 atom stereocenters. The van der Waals surface area contributed by atoms with Crippen molar-refractivity contribution in [1.82, 2.24) is 4.90 Å². The van der Waals surface area contributed by atoms with E-state index in [1.165, 1.54) is 0 Å². The second-order valence-electron chi connectivity index (χ2n) is 4.70. The van der Waals surface area contributed by atoms with E-state index in [0.29, 0.717) is 6.10 Å². The Labute approximate surface area is 86.2 Å². The average Bonchev–Trinajstić information content (AvgIpc) is 2.25. The fourth-order valence-electron chi connectivity index (χ4n) is 1.79. The van der Waals surface area contributed by atoms with Gasteiger partial charge in [-0.1, -0.05) is 13.8 Å². The van der Waals surface area contributed by atoms with Crippen LogP contribution in [0.2, 0.25) is 0 Å². The Balaban J connectivity index is 2.40. The highest BCUT2D eigenvalue weighted by atomic mass is 35.5. The molecule has 0 spiro atoms. The highest BCUT2D eigenvalue weighted by Crippen LogP contribution is 2.33. The lowest BCUT2D eigenvalue weighted by Gasteiger charge is -2.22. The van der Waals surface area contributed by atoms with Crippen molar-refractivity contribution in [1.29, 1.82) is 0 Å². The largest absolute Gasteiger partial charge is 0.380 e. The monoisotopic (exact) mass is 205 g/mol. The van der Waals surface area contributed by atoms with E-state index in [0.717, 1.165) is 19.6 Å². The van der Waals surface area contributed by atoms with E-state index < -0.39 is 0 Å². The van der Waals surface area contributed by atoms with Gasteiger partial charge in [0.15, 0.2) is 0 Å². The van der Waals surface area contributed by atoms with E-state index in [-0.39, 0.29) is 10.8 Å². The molecule has 2 nitrogen and oxygen atoms in total. The summed E-state index contributed by atoms with van der Waals surface area (Å²) in [5, 5.41) is 0.275. The first kappa shape index (κ1) is 11.3. The van der Waals surface area contributed by atoms with Crippen molar-refractivity contribution in [2.75, 3.05) is 26.7 Å². The highest BCUT2D eigenvalue weighted by Gasteiger charge is 2.38. The normalized spacial score (nSPS) is 30.7. The van der Waals surface area contributed by atoms with E-state index in [1.54, 1.807) is 7.11 Å². The van der Waals surface area contributed by atoms with E-state index in [1.807, 2.05) is 0 Å². The van der Waals surface area contributed by atoms with Crippen molar-refractivity contribution in [2.24, 2.45) is 5.41 Å². The van der Waals surface area contributed by atoms with Crippen LogP contribution in [0.25, 0.3) is 0 Å². The van der Waals surface area contributed by atoms with Crippen LogP contribution < -0.4 is 0 Å². The smallest absolute Gasteiger partial charge is 0.0670 e. The van der Waals surface area contributed by atoms with Gasteiger partial charge in [0, 0.05) is 26.7 Å². The number of ether oxygens (including phenoxy) is 1. The van der Waals surface area contributed by atoms with Crippen LogP contribution in [0.1, 0.15) is 20.8 Å². The lowest BCUT2D eigenvalue weighted by molar-refractivity contribution is 0.0821. The van der Waals surface area contributed by atoms with Crippen LogP contribution >= 0.6 is 11.6 Å². The molecule has 1 aliphatic rings. The second kappa shape index (κ2) is 4.16. The van der Waals surface area contributed by atoms with Crippen LogP contribution in [-0.2, 0) is 4.74 Å². The SMILES string of the molecule is COC(C)CN1CC(Cl)C(C)(C)C1. The Morgan fingerprint density at radius 2 is 2.23 bits per heavy atom. The summed E-state index contributed by atoms with van der Waals surface area (Å²) in [6.45, 7) is 9.60. The van der Waals surface area contributed by atoms with Crippen LogP contribution in [0.5, 0.6) is 0 Å². The Hall–Kier alpha value is 0.210. The summed E-state index contributed by atoms with van der Waals surface area (Å²) < 4.78 is 5.23. The molecule has 1 heterocycles. The molecule has 1 saturated heterocycles. The zero-order valence-electron chi connectivity index (χ0n) is 9.01. The summed E-state index contributed by atoms with van der Waals surface area (Å²) in [6.07, 6.45) is 0.303. The Kier molecular flexibility index (Phi) is 3.61. The van der Waals surface area contributed by atoms with Gasteiger partial charge in [0.05, 0.1) is 11.5 Å². The molecule has 0 N–H and O–H groups in total. The van der Waals surface area contributed by atoms with Gasteiger partial charge >= 0.3 is 0 Å². The number of halogens is 1. The van der Waals surface area contributed by atoms with Crippen LogP contribution in [0.15, 0.2) is 0 Å². The van der Waals surface area contributed by atoms with Gasteiger partial charge < -0.3 is 4.74 Å². The molecule has 0 amide bonds. The predicted molar refractivity (Wildman–Crippen MR) is 56.3 cm³/mol. The zero-order valence-corrected chi connectivity index (χ0v) is 9.77. The number of hydrogen-bond donors (Lipinski definition) is 0.